The number of rotatable bonds is 4. The van der Waals surface area contributed by atoms with Crippen LogP contribution in [0.1, 0.15) is 30.1 Å². The topological polar surface area (TPSA) is 52.3 Å². The number of aryl methyl sites for hydroxylation is 1. The fourth-order valence-corrected chi connectivity index (χ4v) is 1.76. The highest BCUT2D eigenvalue weighted by atomic mass is 16.5. The van der Waals surface area contributed by atoms with Gasteiger partial charge < -0.3 is 9.15 Å². The van der Waals surface area contributed by atoms with E-state index in [2.05, 4.69) is 4.98 Å². The van der Waals surface area contributed by atoms with Crippen LogP contribution in [-0.2, 0) is 0 Å². The highest BCUT2D eigenvalue weighted by Crippen LogP contribution is 2.30. The number of hydrogen-bond donors (Lipinski definition) is 0. The van der Waals surface area contributed by atoms with Crippen molar-refractivity contribution in [3.8, 4) is 17.2 Å². The minimum Gasteiger partial charge on any atom is -0.493 e. The van der Waals surface area contributed by atoms with Crippen molar-refractivity contribution in [3.05, 3.63) is 35.7 Å². The van der Waals surface area contributed by atoms with Crippen molar-refractivity contribution in [2.75, 3.05) is 6.61 Å². The van der Waals surface area contributed by atoms with Gasteiger partial charge in [-0.15, -0.1) is 0 Å². The second kappa shape index (κ2) is 5.04. The summed E-state index contributed by atoms with van der Waals surface area (Å²) in [5.74, 6) is 1.55. The minimum absolute atomic E-state index is 0.101. The van der Waals surface area contributed by atoms with Crippen molar-refractivity contribution >= 4 is 5.78 Å². The zero-order valence-electron chi connectivity index (χ0n) is 10.7. The van der Waals surface area contributed by atoms with E-state index in [0.717, 1.165) is 5.56 Å². The molecule has 0 amide bonds. The van der Waals surface area contributed by atoms with Crippen molar-refractivity contribution in [1.82, 2.24) is 4.98 Å². The summed E-state index contributed by atoms with van der Waals surface area (Å²) in [6, 6.07) is 7.48. The van der Waals surface area contributed by atoms with Crippen LogP contribution in [0.15, 0.2) is 28.7 Å². The van der Waals surface area contributed by atoms with E-state index in [4.69, 9.17) is 9.15 Å². The fourth-order valence-electron chi connectivity index (χ4n) is 1.76. The molecule has 1 aromatic carbocycles. The number of aromatic nitrogens is 1. The highest BCUT2D eigenvalue weighted by molar-refractivity contribution is 5.93. The molecule has 0 radical (unpaired) electrons. The van der Waals surface area contributed by atoms with Crippen molar-refractivity contribution in [3.63, 3.8) is 0 Å². The molecule has 0 unspecified atom stereocenters. The summed E-state index contributed by atoms with van der Waals surface area (Å²) in [4.78, 5) is 15.6. The van der Waals surface area contributed by atoms with Gasteiger partial charge >= 0.3 is 0 Å². The van der Waals surface area contributed by atoms with Crippen LogP contribution in [0.4, 0.5) is 0 Å². The zero-order valence-corrected chi connectivity index (χ0v) is 10.7. The molecule has 0 spiro atoms. The lowest BCUT2D eigenvalue weighted by Crippen LogP contribution is -1.96. The molecule has 2 aromatic rings. The summed E-state index contributed by atoms with van der Waals surface area (Å²) >= 11 is 0. The molecular weight excluding hydrogens is 230 g/mol. The van der Waals surface area contributed by atoms with Gasteiger partial charge in [-0.05, 0) is 26.0 Å². The molecule has 4 heteroatoms. The Bertz CT molecular complexity index is 572. The molecule has 0 aliphatic carbocycles. The molecule has 1 heterocycles. The van der Waals surface area contributed by atoms with Gasteiger partial charge in [0.2, 0.25) is 5.89 Å². The maximum atomic E-state index is 11.4. The first-order chi connectivity index (χ1) is 8.63. The fraction of sp³-hybridized carbons (Fsp3) is 0.286. The smallest absolute Gasteiger partial charge is 0.230 e. The average Bonchev–Trinajstić information content (AvgIpc) is 2.72. The van der Waals surface area contributed by atoms with E-state index in [9.17, 15) is 4.79 Å². The molecule has 18 heavy (non-hydrogen) atoms. The summed E-state index contributed by atoms with van der Waals surface area (Å²) in [6.07, 6.45) is 0. The molecule has 0 bridgehead atoms. The first kappa shape index (κ1) is 12.4. The predicted molar refractivity (Wildman–Crippen MR) is 67.8 cm³/mol. The molecule has 1 aromatic heterocycles. The first-order valence-electron chi connectivity index (χ1n) is 5.84. The highest BCUT2D eigenvalue weighted by Gasteiger charge is 2.17. The summed E-state index contributed by atoms with van der Waals surface area (Å²) in [5, 5.41) is 0. The summed E-state index contributed by atoms with van der Waals surface area (Å²) < 4.78 is 11.1. The van der Waals surface area contributed by atoms with Gasteiger partial charge in [-0.25, -0.2) is 4.98 Å². The van der Waals surface area contributed by atoms with Crippen molar-refractivity contribution in [2.24, 2.45) is 0 Å². The molecule has 4 nitrogen and oxygen atoms in total. The lowest BCUT2D eigenvalue weighted by molar-refractivity contribution is 0.101. The number of carbonyl (C=O) groups is 1. The van der Waals surface area contributed by atoms with Crippen LogP contribution in [0.3, 0.4) is 0 Å². The number of nitrogens with zero attached hydrogens (tertiary/aromatic N) is 1. The number of hydrogen-bond acceptors (Lipinski definition) is 4. The predicted octanol–water partition coefficient (Wildman–Crippen LogP) is 3.25. The number of oxazole rings is 1. The van der Waals surface area contributed by atoms with Gasteiger partial charge in [-0.2, -0.15) is 0 Å². The normalized spacial score (nSPS) is 10.4. The van der Waals surface area contributed by atoms with Crippen molar-refractivity contribution < 1.29 is 13.9 Å². The third-order valence-corrected chi connectivity index (χ3v) is 2.55. The molecule has 0 saturated carbocycles. The quantitative estimate of drug-likeness (QED) is 0.776. The van der Waals surface area contributed by atoms with E-state index in [1.807, 2.05) is 31.2 Å². The number of Topliss-reactive ketones (excluding diaryl/α,β-unsaturated/α-hetero) is 1. The van der Waals surface area contributed by atoms with E-state index in [0.29, 0.717) is 29.7 Å². The lowest BCUT2D eigenvalue weighted by Gasteiger charge is -2.06. The van der Waals surface area contributed by atoms with E-state index in [1.165, 1.54) is 6.92 Å². The Labute approximate surface area is 106 Å². The van der Waals surface area contributed by atoms with Gasteiger partial charge in [0.05, 0.1) is 12.2 Å². The van der Waals surface area contributed by atoms with Crippen LogP contribution in [-0.4, -0.2) is 17.4 Å². The van der Waals surface area contributed by atoms with E-state index in [-0.39, 0.29) is 5.78 Å². The van der Waals surface area contributed by atoms with Crippen LogP contribution in [0.5, 0.6) is 5.75 Å². The van der Waals surface area contributed by atoms with Crippen LogP contribution in [0.2, 0.25) is 0 Å². The second-order valence-corrected chi connectivity index (χ2v) is 3.91. The van der Waals surface area contributed by atoms with Gasteiger partial charge in [-0.1, -0.05) is 12.1 Å². The Kier molecular flexibility index (Phi) is 3.46. The Balaban J connectivity index is 2.48. The molecular formula is C14H15NO3. The third kappa shape index (κ3) is 2.27. The lowest BCUT2D eigenvalue weighted by atomic mass is 10.2. The van der Waals surface area contributed by atoms with E-state index < -0.39 is 0 Å². The Morgan fingerprint density at radius 1 is 1.39 bits per heavy atom. The van der Waals surface area contributed by atoms with Crippen LogP contribution < -0.4 is 4.74 Å². The Morgan fingerprint density at radius 2 is 2.11 bits per heavy atom. The van der Waals surface area contributed by atoms with E-state index in [1.54, 1.807) is 6.92 Å². The van der Waals surface area contributed by atoms with Crippen LogP contribution in [0, 0.1) is 6.92 Å². The molecule has 0 aliphatic heterocycles. The Hall–Kier alpha value is -2.10. The molecule has 94 valence electrons. The molecule has 0 saturated heterocycles. The van der Waals surface area contributed by atoms with Gasteiger partial charge in [0.1, 0.15) is 17.2 Å². The largest absolute Gasteiger partial charge is 0.493 e. The van der Waals surface area contributed by atoms with Crippen molar-refractivity contribution in [2.45, 2.75) is 20.8 Å². The van der Waals surface area contributed by atoms with Crippen molar-refractivity contribution in [1.29, 1.82) is 0 Å². The van der Waals surface area contributed by atoms with Gasteiger partial charge in [-0.3, -0.25) is 4.79 Å². The number of ether oxygens (including phenoxy) is 1. The van der Waals surface area contributed by atoms with Gasteiger partial charge in [0.15, 0.2) is 5.78 Å². The maximum absolute atomic E-state index is 11.4. The zero-order chi connectivity index (χ0) is 13.1. The van der Waals surface area contributed by atoms with Gasteiger partial charge in [0.25, 0.3) is 0 Å². The van der Waals surface area contributed by atoms with Crippen LogP contribution >= 0.6 is 0 Å². The van der Waals surface area contributed by atoms with Crippen LogP contribution in [0.25, 0.3) is 11.5 Å². The summed E-state index contributed by atoms with van der Waals surface area (Å²) in [6.45, 7) is 5.69. The second-order valence-electron chi connectivity index (χ2n) is 3.91. The number of ketones is 1. The SMILES string of the molecule is CCOc1ccccc1-c1nc(C(C)=O)c(C)o1. The van der Waals surface area contributed by atoms with Gasteiger partial charge in [0, 0.05) is 6.92 Å². The standard InChI is InChI=1S/C14H15NO3/c1-4-17-12-8-6-5-7-11(12)14-15-13(9(2)16)10(3)18-14/h5-8H,4H2,1-3H3. The number of benzene rings is 1. The Morgan fingerprint density at radius 3 is 2.72 bits per heavy atom. The molecule has 2 rings (SSSR count). The summed E-state index contributed by atoms with van der Waals surface area (Å²) in [7, 11) is 0. The number of carbonyl (C=O) groups excluding carboxylic acids is 1. The molecule has 0 atom stereocenters. The third-order valence-electron chi connectivity index (χ3n) is 2.55. The minimum atomic E-state index is -0.101. The first-order valence-corrected chi connectivity index (χ1v) is 5.84. The maximum Gasteiger partial charge on any atom is 0.230 e. The van der Waals surface area contributed by atoms with E-state index >= 15 is 0 Å². The summed E-state index contributed by atoms with van der Waals surface area (Å²) in [5.41, 5.74) is 1.13. The molecule has 0 aliphatic rings. The molecule has 0 fully saturated rings. The number of para-hydroxylation sites is 1. The molecule has 0 N–H and O–H groups in total. The average molecular weight is 245 g/mol. The monoisotopic (exact) mass is 245 g/mol.